The van der Waals surface area contributed by atoms with Crippen molar-refractivity contribution in [3.8, 4) is 5.75 Å². The van der Waals surface area contributed by atoms with E-state index >= 15 is 0 Å². The van der Waals surface area contributed by atoms with Crippen LogP contribution in [0.5, 0.6) is 5.75 Å². The van der Waals surface area contributed by atoms with Crippen LogP contribution in [0.1, 0.15) is 12.5 Å². The van der Waals surface area contributed by atoms with Gasteiger partial charge in [0.05, 0.1) is 6.61 Å². The topological polar surface area (TPSA) is 9.23 Å². The van der Waals surface area contributed by atoms with Crippen molar-refractivity contribution in [2.45, 2.75) is 6.92 Å². The van der Waals surface area contributed by atoms with Crippen LogP contribution in [-0.2, 0) is 0 Å². The molecule has 0 aliphatic heterocycles. The Morgan fingerprint density at radius 3 is 2.50 bits per heavy atom. The van der Waals surface area contributed by atoms with Crippen LogP contribution in [0.2, 0.25) is 0 Å². The lowest BCUT2D eigenvalue weighted by molar-refractivity contribution is 0.343. The molecule has 0 unspecified atom stereocenters. The van der Waals surface area contributed by atoms with Gasteiger partial charge in [0.15, 0.2) is 7.28 Å². The zero-order valence-corrected chi connectivity index (χ0v) is 10.5. The fraction of sp³-hybridized carbons (Fsp3) is 0.125. The van der Waals surface area contributed by atoms with Gasteiger partial charge in [0.25, 0.3) is 0 Å². The van der Waals surface area contributed by atoms with Crippen LogP contribution in [0.3, 0.4) is 0 Å². The molecule has 2 heteroatoms. The first kappa shape index (κ1) is 12.5. The molecule has 0 spiro atoms. The van der Waals surface area contributed by atoms with Crippen LogP contribution in [0.25, 0.3) is 6.08 Å². The molecule has 0 aliphatic rings. The van der Waals surface area contributed by atoms with E-state index in [2.05, 4.69) is 31.6 Å². The van der Waals surface area contributed by atoms with Crippen molar-refractivity contribution in [2.24, 2.45) is 0 Å². The lowest BCUT2D eigenvalue weighted by Gasteiger charge is -2.07. The molecule has 0 bridgehead atoms. The molecule has 1 nitrogen and oxygen atoms in total. The van der Waals surface area contributed by atoms with E-state index in [-0.39, 0.29) is 0 Å². The second kappa shape index (κ2) is 6.70. The maximum Gasteiger partial charge on any atom is 0.186 e. The van der Waals surface area contributed by atoms with Crippen LogP contribution in [0.15, 0.2) is 60.6 Å². The van der Waals surface area contributed by atoms with E-state index < -0.39 is 0 Å². The average molecular weight is 235 g/mol. The van der Waals surface area contributed by atoms with Crippen molar-refractivity contribution in [1.82, 2.24) is 0 Å². The van der Waals surface area contributed by atoms with Gasteiger partial charge in [-0.15, -0.1) is 5.98 Å². The standard InChI is InChI=1S/C16H16BO/c1-2-18-16-11-7-6-10-15(16)17-13-12-14-8-4-3-5-9-14/h3-13H,2H2,1H3. The number of ether oxygens (including phenoxy) is 1. The summed E-state index contributed by atoms with van der Waals surface area (Å²) in [5.74, 6) is 2.98. The van der Waals surface area contributed by atoms with Gasteiger partial charge in [-0.25, -0.2) is 0 Å². The normalized spacial score (nSPS) is 10.5. The minimum atomic E-state index is 0.688. The largest absolute Gasteiger partial charge is 0.494 e. The summed E-state index contributed by atoms with van der Waals surface area (Å²) in [6.07, 6.45) is 2.09. The van der Waals surface area contributed by atoms with Gasteiger partial charge in [-0.1, -0.05) is 54.6 Å². The molecule has 0 atom stereocenters. The van der Waals surface area contributed by atoms with E-state index in [4.69, 9.17) is 4.74 Å². The average Bonchev–Trinajstić information content (AvgIpc) is 2.42. The Hall–Kier alpha value is -1.96. The molecule has 1 radical (unpaired) electrons. The molecule has 0 amide bonds. The third-order valence-electron chi connectivity index (χ3n) is 2.58. The molecule has 0 saturated carbocycles. The van der Waals surface area contributed by atoms with E-state index in [0.717, 1.165) is 11.2 Å². The van der Waals surface area contributed by atoms with Gasteiger partial charge in [0.1, 0.15) is 5.75 Å². The summed E-state index contributed by atoms with van der Waals surface area (Å²) in [4.78, 5) is 0. The summed E-state index contributed by atoms with van der Waals surface area (Å²) >= 11 is 0. The minimum Gasteiger partial charge on any atom is -0.494 e. The van der Waals surface area contributed by atoms with Crippen molar-refractivity contribution < 1.29 is 4.74 Å². The Morgan fingerprint density at radius 1 is 1.00 bits per heavy atom. The molecule has 0 aromatic heterocycles. The van der Waals surface area contributed by atoms with Gasteiger partial charge < -0.3 is 4.74 Å². The third-order valence-corrected chi connectivity index (χ3v) is 2.58. The molecule has 89 valence electrons. The quantitative estimate of drug-likeness (QED) is 0.723. The fourth-order valence-electron chi connectivity index (χ4n) is 1.73. The Balaban J connectivity index is 2.04. The van der Waals surface area contributed by atoms with Gasteiger partial charge in [0.2, 0.25) is 0 Å². The molecule has 2 rings (SSSR count). The summed E-state index contributed by atoms with van der Waals surface area (Å²) in [5.41, 5.74) is 2.30. The van der Waals surface area contributed by atoms with E-state index in [0.29, 0.717) is 6.61 Å². The lowest BCUT2D eigenvalue weighted by Crippen LogP contribution is -2.15. The minimum absolute atomic E-state index is 0.688. The van der Waals surface area contributed by atoms with Gasteiger partial charge in [-0.2, -0.15) is 0 Å². The molecular formula is C16H16BO. The highest BCUT2D eigenvalue weighted by molar-refractivity contribution is 6.60. The highest BCUT2D eigenvalue weighted by Crippen LogP contribution is 2.06. The second-order valence-corrected chi connectivity index (χ2v) is 3.91. The SMILES string of the molecule is CCOc1ccccc1[B]C=Cc1ccccc1. The van der Waals surface area contributed by atoms with Crippen LogP contribution in [0.4, 0.5) is 0 Å². The molecule has 0 aliphatic carbocycles. The van der Waals surface area contributed by atoms with Crippen molar-refractivity contribution in [3.63, 3.8) is 0 Å². The van der Waals surface area contributed by atoms with Gasteiger partial charge in [-0.05, 0) is 24.0 Å². The Kier molecular flexibility index (Phi) is 4.65. The first-order chi connectivity index (χ1) is 8.90. The zero-order chi connectivity index (χ0) is 12.6. The summed E-state index contributed by atoms with van der Waals surface area (Å²) in [7, 11) is 2.07. The first-order valence-electron chi connectivity index (χ1n) is 6.18. The highest BCUT2D eigenvalue weighted by Gasteiger charge is 2.00. The van der Waals surface area contributed by atoms with Crippen molar-refractivity contribution >= 4 is 18.8 Å². The predicted molar refractivity (Wildman–Crippen MR) is 78.5 cm³/mol. The number of hydrogen-bond donors (Lipinski definition) is 0. The molecular weight excluding hydrogens is 219 g/mol. The molecule has 2 aromatic carbocycles. The van der Waals surface area contributed by atoms with Gasteiger partial charge >= 0.3 is 0 Å². The van der Waals surface area contributed by atoms with Crippen molar-refractivity contribution in [1.29, 1.82) is 0 Å². The summed E-state index contributed by atoms with van der Waals surface area (Å²) in [5, 5.41) is 0. The monoisotopic (exact) mass is 235 g/mol. The molecule has 0 N–H and O–H groups in total. The Bertz CT molecular complexity index is 506. The van der Waals surface area contributed by atoms with Gasteiger partial charge in [-0.3, -0.25) is 0 Å². The van der Waals surface area contributed by atoms with E-state index in [1.54, 1.807) is 0 Å². The number of benzene rings is 2. The van der Waals surface area contributed by atoms with E-state index in [9.17, 15) is 0 Å². The van der Waals surface area contributed by atoms with Gasteiger partial charge in [0, 0.05) is 0 Å². The van der Waals surface area contributed by atoms with Crippen LogP contribution in [-0.4, -0.2) is 13.9 Å². The van der Waals surface area contributed by atoms with E-state index in [1.807, 2.05) is 49.3 Å². The lowest BCUT2D eigenvalue weighted by atomic mass is 9.69. The number of para-hydroxylation sites is 1. The van der Waals surface area contributed by atoms with Crippen LogP contribution in [0, 0.1) is 0 Å². The number of rotatable bonds is 5. The maximum atomic E-state index is 5.57. The van der Waals surface area contributed by atoms with Crippen molar-refractivity contribution in [2.75, 3.05) is 6.61 Å². The fourth-order valence-corrected chi connectivity index (χ4v) is 1.73. The molecule has 2 aromatic rings. The first-order valence-corrected chi connectivity index (χ1v) is 6.18. The smallest absolute Gasteiger partial charge is 0.186 e. The highest BCUT2D eigenvalue weighted by atomic mass is 16.5. The second-order valence-electron chi connectivity index (χ2n) is 3.91. The summed E-state index contributed by atoms with van der Waals surface area (Å²) in [6, 6.07) is 18.3. The van der Waals surface area contributed by atoms with Crippen molar-refractivity contribution in [3.05, 3.63) is 66.1 Å². The zero-order valence-electron chi connectivity index (χ0n) is 10.5. The summed E-state index contributed by atoms with van der Waals surface area (Å²) < 4.78 is 5.57. The summed E-state index contributed by atoms with van der Waals surface area (Å²) in [6.45, 7) is 2.68. The molecule has 0 heterocycles. The predicted octanol–water partition coefficient (Wildman–Crippen LogP) is 3.09. The van der Waals surface area contributed by atoms with E-state index in [1.165, 1.54) is 5.56 Å². The maximum absolute atomic E-state index is 5.57. The number of hydrogen-bond acceptors (Lipinski definition) is 1. The Labute approximate surface area is 109 Å². The third kappa shape index (κ3) is 3.52. The van der Waals surface area contributed by atoms with Crippen LogP contribution >= 0.6 is 0 Å². The molecule has 0 fully saturated rings. The molecule has 18 heavy (non-hydrogen) atoms. The molecule has 0 saturated heterocycles. The Morgan fingerprint density at radius 2 is 1.72 bits per heavy atom. The van der Waals surface area contributed by atoms with Crippen LogP contribution < -0.4 is 10.2 Å².